The van der Waals surface area contributed by atoms with Crippen molar-refractivity contribution in [2.75, 3.05) is 13.2 Å². The van der Waals surface area contributed by atoms with Gasteiger partial charge in [-0.3, -0.25) is 14.4 Å². The van der Waals surface area contributed by atoms with Gasteiger partial charge in [-0.15, -0.1) is 6.58 Å². The average Bonchev–Trinajstić information content (AvgIpc) is 3.18. The molecule has 3 aliphatic rings. The highest BCUT2D eigenvalue weighted by atomic mass is 16.5. The van der Waals surface area contributed by atoms with E-state index < -0.39 is 47.0 Å². The minimum absolute atomic E-state index is 0.126. The molecule has 3 fully saturated rings. The van der Waals surface area contributed by atoms with E-state index in [0.29, 0.717) is 19.4 Å². The van der Waals surface area contributed by atoms with Crippen LogP contribution in [0.2, 0.25) is 0 Å². The molecule has 1 spiro atoms. The van der Waals surface area contributed by atoms with E-state index in [0.717, 1.165) is 0 Å². The third-order valence-electron chi connectivity index (χ3n) is 7.56. The Morgan fingerprint density at radius 2 is 2.07 bits per heavy atom. The van der Waals surface area contributed by atoms with E-state index in [4.69, 9.17) is 4.74 Å². The molecule has 0 aromatic carbocycles. The molecule has 2 N–H and O–H groups in total. The highest BCUT2D eigenvalue weighted by molar-refractivity contribution is 5.98. The number of hydrogen-bond donors (Lipinski definition) is 2. The summed E-state index contributed by atoms with van der Waals surface area (Å²) < 4.78 is 6.44. The average molecular weight is 423 g/mol. The lowest BCUT2D eigenvalue weighted by molar-refractivity contribution is -0.160. The van der Waals surface area contributed by atoms with Crippen LogP contribution in [0.5, 0.6) is 0 Å². The number of ether oxygens (including phenoxy) is 1. The Kier molecular flexibility index (Phi) is 5.79. The van der Waals surface area contributed by atoms with Crippen LogP contribution in [0.1, 0.15) is 47.5 Å². The summed E-state index contributed by atoms with van der Waals surface area (Å²) in [5.41, 5.74) is -2.22. The van der Waals surface area contributed by atoms with Crippen molar-refractivity contribution in [3.8, 4) is 0 Å². The summed E-state index contributed by atoms with van der Waals surface area (Å²) in [5.74, 6) is -3.87. The summed E-state index contributed by atoms with van der Waals surface area (Å²) in [6, 6.07) is -1.69. The van der Waals surface area contributed by atoms with Gasteiger partial charge in [0, 0.05) is 12.6 Å². The smallest absolute Gasteiger partial charge is 0.310 e. The normalized spacial score (nSPS) is 38.1. The van der Waals surface area contributed by atoms with E-state index in [9.17, 15) is 24.6 Å². The second kappa shape index (κ2) is 7.64. The van der Waals surface area contributed by atoms with E-state index in [1.807, 2.05) is 27.7 Å². The zero-order chi connectivity index (χ0) is 22.6. The molecule has 8 heteroatoms. The minimum atomic E-state index is -1.21. The fraction of sp³-hybridized carbons (Fsp3) is 0.773. The van der Waals surface area contributed by atoms with Crippen molar-refractivity contribution in [1.82, 2.24) is 9.80 Å². The maximum Gasteiger partial charge on any atom is 0.310 e. The molecule has 0 aromatic rings. The summed E-state index contributed by atoms with van der Waals surface area (Å²) in [6.07, 6.45) is 2.51. The van der Waals surface area contributed by atoms with Crippen LogP contribution in [-0.2, 0) is 19.1 Å². The molecule has 0 saturated carbocycles. The van der Waals surface area contributed by atoms with Crippen molar-refractivity contribution in [2.45, 2.75) is 76.8 Å². The predicted octanol–water partition coefficient (Wildman–Crippen LogP) is 1.28. The number of amides is 2. The summed E-state index contributed by atoms with van der Waals surface area (Å²) >= 11 is 0. The Labute approximate surface area is 177 Å². The lowest BCUT2D eigenvalue weighted by Gasteiger charge is -2.40. The number of rotatable bonds is 8. The molecular formula is C22H34N2O6. The minimum Gasteiger partial charge on any atom is -0.481 e. The monoisotopic (exact) mass is 422 g/mol. The Morgan fingerprint density at radius 3 is 2.53 bits per heavy atom. The molecule has 3 unspecified atom stereocenters. The van der Waals surface area contributed by atoms with Crippen molar-refractivity contribution >= 4 is 17.8 Å². The van der Waals surface area contributed by atoms with Gasteiger partial charge in [0.25, 0.3) is 0 Å². The van der Waals surface area contributed by atoms with Crippen LogP contribution < -0.4 is 0 Å². The number of likely N-dealkylation sites (tertiary alicyclic amines) is 1. The predicted molar refractivity (Wildman–Crippen MR) is 109 cm³/mol. The highest BCUT2D eigenvalue weighted by Gasteiger charge is 2.80. The maximum atomic E-state index is 13.9. The number of carboxylic acid groups (broad SMARTS) is 1. The number of carbonyl (C=O) groups is 3. The van der Waals surface area contributed by atoms with Crippen molar-refractivity contribution < 1.29 is 29.3 Å². The van der Waals surface area contributed by atoms with Gasteiger partial charge in [0.1, 0.15) is 17.6 Å². The van der Waals surface area contributed by atoms with Gasteiger partial charge in [-0.25, -0.2) is 0 Å². The van der Waals surface area contributed by atoms with Gasteiger partial charge < -0.3 is 24.7 Å². The van der Waals surface area contributed by atoms with E-state index >= 15 is 0 Å². The molecular weight excluding hydrogens is 388 g/mol. The number of aliphatic hydroxyl groups is 1. The SMILES string of the molecule is C=CCN(C(=O)C1N([C@@H](CC)CO)C(=O)[C@@H]2[C@H](C(=O)O)[C@@]3(C)OC12CC3C)C(C)C. The molecule has 30 heavy (non-hydrogen) atoms. The quantitative estimate of drug-likeness (QED) is 0.571. The summed E-state index contributed by atoms with van der Waals surface area (Å²) in [4.78, 5) is 42.8. The van der Waals surface area contributed by atoms with Crippen LogP contribution in [0.25, 0.3) is 0 Å². The first kappa shape index (κ1) is 22.7. The maximum absolute atomic E-state index is 13.9. The standard InChI is InChI=1S/C22H34N2O6/c1-7-9-23(12(3)4)19(27)17-22-10-13(5)21(6,30-22)16(20(28)29)15(22)18(26)24(17)14(8-2)11-25/h7,12-17,25H,1,8-11H2,2-6H3,(H,28,29)/t13?,14-,15-,16+,17?,21-,22?/m0/s1. The molecule has 0 aromatic heterocycles. The molecule has 168 valence electrons. The Morgan fingerprint density at radius 1 is 1.43 bits per heavy atom. The highest BCUT2D eigenvalue weighted by Crippen LogP contribution is 2.65. The van der Waals surface area contributed by atoms with Crippen molar-refractivity contribution in [1.29, 1.82) is 0 Å². The number of fused-ring (bicyclic) bond motifs is 1. The summed E-state index contributed by atoms with van der Waals surface area (Å²) in [5, 5.41) is 20.0. The zero-order valence-electron chi connectivity index (χ0n) is 18.5. The van der Waals surface area contributed by atoms with Crippen LogP contribution in [0.15, 0.2) is 12.7 Å². The molecule has 2 bridgehead atoms. The van der Waals surface area contributed by atoms with Gasteiger partial charge in [-0.05, 0) is 39.5 Å². The number of carbonyl (C=O) groups excluding carboxylic acids is 2. The molecule has 8 nitrogen and oxygen atoms in total. The Bertz CT molecular complexity index is 750. The van der Waals surface area contributed by atoms with E-state index in [1.165, 1.54) is 4.90 Å². The van der Waals surface area contributed by atoms with E-state index in [2.05, 4.69) is 6.58 Å². The van der Waals surface area contributed by atoms with Crippen molar-refractivity contribution in [2.24, 2.45) is 17.8 Å². The number of nitrogens with zero attached hydrogens (tertiary/aromatic N) is 2. The van der Waals surface area contributed by atoms with Crippen LogP contribution >= 0.6 is 0 Å². The van der Waals surface area contributed by atoms with Crippen molar-refractivity contribution in [3.05, 3.63) is 12.7 Å². The molecule has 3 saturated heterocycles. The van der Waals surface area contributed by atoms with E-state index in [1.54, 1.807) is 17.9 Å². The number of aliphatic carboxylic acids is 1. The molecule has 3 heterocycles. The number of hydrogen-bond acceptors (Lipinski definition) is 5. The second-order valence-corrected chi connectivity index (χ2v) is 9.41. The Hall–Kier alpha value is -1.93. The second-order valence-electron chi connectivity index (χ2n) is 9.41. The summed E-state index contributed by atoms with van der Waals surface area (Å²) in [6.45, 7) is 13.0. The van der Waals surface area contributed by atoms with Gasteiger partial charge in [0.2, 0.25) is 11.8 Å². The van der Waals surface area contributed by atoms with Crippen molar-refractivity contribution in [3.63, 3.8) is 0 Å². The Balaban J connectivity index is 2.18. The van der Waals surface area contributed by atoms with E-state index in [-0.39, 0.29) is 24.5 Å². The van der Waals surface area contributed by atoms with Gasteiger partial charge in [-0.1, -0.05) is 19.9 Å². The topological polar surface area (TPSA) is 107 Å². The van der Waals surface area contributed by atoms with Gasteiger partial charge in [0.05, 0.1) is 24.2 Å². The molecule has 7 atom stereocenters. The third-order valence-corrected chi connectivity index (χ3v) is 7.56. The molecule has 3 rings (SSSR count). The zero-order valence-corrected chi connectivity index (χ0v) is 18.5. The number of aliphatic hydroxyl groups excluding tert-OH is 1. The fourth-order valence-electron chi connectivity index (χ4n) is 5.99. The molecule has 2 amide bonds. The van der Waals surface area contributed by atoms with Crippen LogP contribution in [0, 0.1) is 17.8 Å². The number of carboxylic acids is 1. The molecule has 0 aliphatic carbocycles. The van der Waals surface area contributed by atoms with Crippen LogP contribution in [0.4, 0.5) is 0 Å². The largest absolute Gasteiger partial charge is 0.481 e. The first-order chi connectivity index (χ1) is 14.0. The van der Waals surface area contributed by atoms with Gasteiger partial charge in [-0.2, -0.15) is 0 Å². The third kappa shape index (κ3) is 2.83. The van der Waals surface area contributed by atoms with Gasteiger partial charge in [0.15, 0.2) is 0 Å². The lowest BCUT2D eigenvalue weighted by atomic mass is 9.62. The summed E-state index contributed by atoms with van der Waals surface area (Å²) in [7, 11) is 0. The lowest BCUT2D eigenvalue weighted by Crippen LogP contribution is -2.59. The van der Waals surface area contributed by atoms with Gasteiger partial charge >= 0.3 is 5.97 Å². The fourth-order valence-corrected chi connectivity index (χ4v) is 5.99. The molecule has 3 aliphatic heterocycles. The molecule has 0 radical (unpaired) electrons. The van der Waals surface area contributed by atoms with Crippen LogP contribution in [-0.4, -0.2) is 80.3 Å². The van der Waals surface area contributed by atoms with Crippen LogP contribution in [0.3, 0.4) is 0 Å². The first-order valence-electron chi connectivity index (χ1n) is 10.8. The first-order valence-corrected chi connectivity index (χ1v) is 10.8.